The van der Waals surface area contributed by atoms with Gasteiger partial charge in [-0.3, -0.25) is 4.79 Å². The predicted octanol–water partition coefficient (Wildman–Crippen LogP) is 3.59. The fourth-order valence-electron chi connectivity index (χ4n) is 2.86. The molecule has 146 valence electrons. The van der Waals surface area contributed by atoms with Gasteiger partial charge in [-0.1, -0.05) is 20.8 Å². The zero-order valence-corrected chi connectivity index (χ0v) is 16.7. The zero-order valence-electron chi connectivity index (χ0n) is 15.9. The van der Waals surface area contributed by atoms with E-state index in [0.717, 1.165) is 10.5 Å². The van der Waals surface area contributed by atoms with Crippen molar-refractivity contribution in [2.45, 2.75) is 31.1 Å². The van der Waals surface area contributed by atoms with Crippen LogP contribution in [0, 0.1) is 0 Å². The van der Waals surface area contributed by atoms with Gasteiger partial charge in [-0.15, -0.1) is 11.8 Å². The first-order valence-electron chi connectivity index (χ1n) is 8.41. The number of fused-ring (bicyclic) bond motifs is 1. The minimum atomic E-state index is -0.882. The molecule has 28 heavy (non-hydrogen) atoms. The van der Waals surface area contributed by atoms with E-state index in [-0.39, 0.29) is 11.0 Å². The number of hydrogen-bond donors (Lipinski definition) is 2. The molecule has 1 amide bonds. The Hall–Kier alpha value is -3.07. The number of rotatable bonds is 4. The van der Waals surface area contributed by atoms with Crippen LogP contribution < -0.4 is 20.8 Å². The van der Waals surface area contributed by atoms with Crippen LogP contribution in [-0.4, -0.2) is 27.3 Å². The van der Waals surface area contributed by atoms with Crippen molar-refractivity contribution in [2.75, 3.05) is 6.26 Å². The van der Waals surface area contributed by atoms with E-state index >= 15 is 0 Å². The van der Waals surface area contributed by atoms with Crippen molar-refractivity contribution < 1.29 is 14.3 Å². The number of carbonyl (C=O) groups is 1. The molecule has 0 saturated heterocycles. The summed E-state index contributed by atoms with van der Waals surface area (Å²) in [6, 6.07) is 4.99. The molecule has 0 radical (unpaired) electrons. The van der Waals surface area contributed by atoms with Gasteiger partial charge in [0.2, 0.25) is 0 Å². The number of pyridine rings is 1. The van der Waals surface area contributed by atoms with Gasteiger partial charge in [-0.2, -0.15) is 0 Å². The van der Waals surface area contributed by atoms with E-state index in [1.54, 1.807) is 24.4 Å². The van der Waals surface area contributed by atoms with Gasteiger partial charge in [-0.05, 0) is 23.8 Å². The molecule has 2 aromatic heterocycles. The molecular weight excluding hydrogens is 380 g/mol. The summed E-state index contributed by atoms with van der Waals surface area (Å²) in [6.07, 6.45) is 3.72. The molecule has 3 aromatic rings. The number of nitrogens with zero attached hydrogens (tertiary/aromatic N) is 2. The minimum absolute atomic E-state index is 0.334. The summed E-state index contributed by atoms with van der Waals surface area (Å²) in [5.74, 6) is 1.34. The van der Waals surface area contributed by atoms with Crippen LogP contribution in [0.15, 0.2) is 40.3 Å². The standard InChI is InChI=1S/C19H20N4O4S/c1-19(2,3)14-10(5-6-12(16(14)28-4)27-18(20)25)26-11-7-8-21-17-15(11)23-13(24)9-22-17/h5-9H,1-4H3,(H2,20,25)(H,23,24). The Labute approximate surface area is 165 Å². The number of nitrogens with one attached hydrogen (secondary N) is 1. The van der Waals surface area contributed by atoms with Crippen molar-refractivity contribution in [3.05, 3.63) is 46.5 Å². The molecule has 0 bridgehead atoms. The number of H-pyrrole nitrogens is 1. The maximum atomic E-state index is 11.7. The lowest BCUT2D eigenvalue weighted by molar-refractivity contribution is 0.209. The van der Waals surface area contributed by atoms with Crippen molar-refractivity contribution in [1.82, 2.24) is 15.0 Å². The molecule has 0 aliphatic carbocycles. The van der Waals surface area contributed by atoms with Crippen LogP contribution in [0.25, 0.3) is 11.2 Å². The average molecular weight is 400 g/mol. The minimum Gasteiger partial charge on any atom is -0.455 e. The summed E-state index contributed by atoms with van der Waals surface area (Å²) in [5.41, 5.74) is 6.12. The second-order valence-electron chi connectivity index (χ2n) is 7.00. The molecular formula is C19H20N4O4S. The lowest BCUT2D eigenvalue weighted by atomic mass is 9.86. The topological polar surface area (TPSA) is 120 Å². The molecule has 0 spiro atoms. The van der Waals surface area contributed by atoms with Crippen molar-refractivity contribution in [2.24, 2.45) is 5.73 Å². The van der Waals surface area contributed by atoms with E-state index in [1.807, 2.05) is 27.0 Å². The number of amides is 1. The Kier molecular flexibility index (Phi) is 5.28. The highest BCUT2D eigenvalue weighted by Crippen LogP contribution is 2.45. The number of thioether (sulfide) groups is 1. The van der Waals surface area contributed by atoms with Crippen molar-refractivity contribution in [1.29, 1.82) is 0 Å². The molecule has 3 N–H and O–H groups in total. The Balaban J connectivity index is 2.19. The van der Waals surface area contributed by atoms with Crippen LogP contribution in [-0.2, 0) is 5.41 Å². The fourth-order valence-corrected chi connectivity index (χ4v) is 3.78. The molecule has 9 heteroatoms. The van der Waals surface area contributed by atoms with E-state index in [1.165, 1.54) is 18.0 Å². The smallest absolute Gasteiger partial charge is 0.410 e. The van der Waals surface area contributed by atoms with Crippen LogP contribution in [0.3, 0.4) is 0 Å². The number of nitrogens with two attached hydrogens (primary N) is 1. The SMILES string of the molecule is CSc1c(OC(N)=O)ccc(Oc2ccnc3ncc(=O)[nH]c23)c1C(C)(C)C. The van der Waals surface area contributed by atoms with E-state index < -0.39 is 6.09 Å². The highest BCUT2D eigenvalue weighted by Gasteiger charge is 2.27. The maximum absolute atomic E-state index is 11.7. The number of carbonyl (C=O) groups excluding carboxylic acids is 1. The number of hydrogen-bond acceptors (Lipinski definition) is 7. The Morgan fingerprint density at radius 1 is 1.14 bits per heavy atom. The van der Waals surface area contributed by atoms with Gasteiger partial charge in [0.1, 0.15) is 17.0 Å². The Morgan fingerprint density at radius 2 is 1.86 bits per heavy atom. The first-order valence-corrected chi connectivity index (χ1v) is 9.64. The quantitative estimate of drug-likeness (QED) is 0.642. The maximum Gasteiger partial charge on any atom is 0.410 e. The van der Waals surface area contributed by atoms with Crippen molar-refractivity contribution in [3.8, 4) is 17.2 Å². The summed E-state index contributed by atoms with van der Waals surface area (Å²) < 4.78 is 11.3. The summed E-state index contributed by atoms with van der Waals surface area (Å²) in [7, 11) is 0. The zero-order chi connectivity index (χ0) is 20.5. The van der Waals surface area contributed by atoms with Gasteiger partial charge in [0.15, 0.2) is 11.4 Å². The van der Waals surface area contributed by atoms with Crippen LogP contribution in [0.4, 0.5) is 4.79 Å². The Bertz CT molecular complexity index is 1110. The van der Waals surface area contributed by atoms with E-state index in [0.29, 0.717) is 28.4 Å². The first kappa shape index (κ1) is 19.7. The molecule has 0 aliphatic heterocycles. The fraction of sp³-hybridized carbons (Fsp3) is 0.263. The monoisotopic (exact) mass is 400 g/mol. The normalized spacial score (nSPS) is 11.4. The van der Waals surface area contributed by atoms with Crippen molar-refractivity contribution >= 4 is 29.0 Å². The Morgan fingerprint density at radius 3 is 2.50 bits per heavy atom. The summed E-state index contributed by atoms with van der Waals surface area (Å²) >= 11 is 1.43. The molecule has 0 fully saturated rings. The van der Waals surface area contributed by atoms with Gasteiger partial charge in [-0.25, -0.2) is 14.8 Å². The van der Waals surface area contributed by atoms with Crippen LogP contribution in [0.2, 0.25) is 0 Å². The van der Waals surface area contributed by atoms with Gasteiger partial charge >= 0.3 is 6.09 Å². The van der Waals surface area contributed by atoms with Crippen LogP contribution in [0.5, 0.6) is 17.2 Å². The number of ether oxygens (including phenoxy) is 2. The molecule has 3 rings (SSSR count). The van der Waals surface area contributed by atoms with Gasteiger partial charge < -0.3 is 20.2 Å². The first-order chi connectivity index (χ1) is 13.2. The third kappa shape index (κ3) is 3.94. The van der Waals surface area contributed by atoms with Gasteiger partial charge in [0.25, 0.3) is 5.56 Å². The van der Waals surface area contributed by atoms with E-state index in [4.69, 9.17) is 15.2 Å². The second-order valence-corrected chi connectivity index (χ2v) is 7.81. The summed E-state index contributed by atoms with van der Waals surface area (Å²) in [6.45, 7) is 6.07. The number of benzene rings is 1. The second kappa shape index (κ2) is 7.51. The predicted molar refractivity (Wildman–Crippen MR) is 107 cm³/mol. The molecule has 0 saturated carbocycles. The van der Waals surface area contributed by atoms with Gasteiger partial charge in [0, 0.05) is 17.8 Å². The van der Waals surface area contributed by atoms with Crippen LogP contribution in [0.1, 0.15) is 26.3 Å². The lowest BCUT2D eigenvalue weighted by Gasteiger charge is -2.26. The molecule has 2 heterocycles. The molecule has 0 aliphatic rings. The highest BCUT2D eigenvalue weighted by atomic mass is 32.2. The molecule has 8 nitrogen and oxygen atoms in total. The molecule has 1 aromatic carbocycles. The van der Waals surface area contributed by atoms with E-state index in [9.17, 15) is 9.59 Å². The largest absolute Gasteiger partial charge is 0.455 e. The van der Waals surface area contributed by atoms with Crippen LogP contribution >= 0.6 is 11.8 Å². The average Bonchev–Trinajstić information content (AvgIpc) is 2.61. The lowest BCUT2D eigenvalue weighted by Crippen LogP contribution is -2.19. The summed E-state index contributed by atoms with van der Waals surface area (Å²) in [4.78, 5) is 34.6. The number of primary amides is 1. The summed E-state index contributed by atoms with van der Waals surface area (Å²) in [5, 5.41) is 0. The van der Waals surface area contributed by atoms with E-state index in [2.05, 4.69) is 15.0 Å². The van der Waals surface area contributed by atoms with Gasteiger partial charge in [0.05, 0.1) is 11.1 Å². The van der Waals surface area contributed by atoms with Crippen molar-refractivity contribution in [3.63, 3.8) is 0 Å². The third-order valence-corrected chi connectivity index (χ3v) is 4.73. The molecule has 0 unspecified atom stereocenters. The third-order valence-electron chi connectivity index (χ3n) is 3.91. The number of aromatic nitrogens is 3. The molecule has 0 atom stereocenters. The highest BCUT2D eigenvalue weighted by molar-refractivity contribution is 7.98. The number of aromatic amines is 1.